The van der Waals surface area contributed by atoms with Crippen LogP contribution in [-0.4, -0.2) is 14.4 Å². The molecule has 0 aliphatic heterocycles. The molecule has 84 valence electrons. The minimum Gasteiger partial charge on any atom is -0.414 e. The lowest BCUT2D eigenvalue weighted by molar-refractivity contribution is 0.202. The Balaban J connectivity index is 4.22. The van der Waals surface area contributed by atoms with Crippen LogP contribution >= 0.6 is 22.6 Å². The molecule has 0 fully saturated rings. The number of hydrogen-bond acceptors (Lipinski definition) is 1. The minimum atomic E-state index is -1.55. The predicted molar refractivity (Wildman–Crippen MR) is 75.5 cm³/mol. The van der Waals surface area contributed by atoms with E-state index in [1.165, 1.54) is 0 Å². The molecule has 0 aromatic heterocycles. The van der Waals surface area contributed by atoms with E-state index in [-0.39, 0.29) is 0 Å². The first-order valence-corrected chi connectivity index (χ1v) is 9.29. The van der Waals surface area contributed by atoms with Gasteiger partial charge in [0.1, 0.15) is 0 Å². The van der Waals surface area contributed by atoms with Crippen LogP contribution in [0, 0.1) is 0 Å². The molecule has 0 aromatic carbocycles. The quantitative estimate of drug-likeness (QED) is 0.536. The van der Waals surface area contributed by atoms with Crippen molar-refractivity contribution in [2.75, 3.05) is 0 Å². The van der Waals surface area contributed by atoms with Gasteiger partial charge in [0.25, 0.3) is 0 Å². The lowest BCUT2D eigenvalue weighted by Crippen LogP contribution is -2.43. The maximum atomic E-state index is 6.19. The second-order valence-corrected chi connectivity index (χ2v) is 10.8. The third kappa shape index (κ3) is 4.93. The van der Waals surface area contributed by atoms with E-state index in [0.717, 1.165) is 6.42 Å². The summed E-state index contributed by atoms with van der Waals surface area (Å²) in [5.41, 5.74) is 0. The first-order chi connectivity index (χ1) is 6.20. The number of hydrogen-bond donors (Lipinski definition) is 0. The molecule has 0 saturated carbocycles. The van der Waals surface area contributed by atoms with Crippen LogP contribution in [0.1, 0.15) is 34.1 Å². The normalized spacial score (nSPS) is 16.2. The Labute approximate surface area is 104 Å². The highest BCUT2D eigenvalue weighted by Gasteiger charge is 2.38. The molecule has 1 atom stereocenters. The lowest BCUT2D eigenvalue weighted by Gasteiger charge is -2.38. The predicted octanol–water partition coefficient (Wildman–Crippen LogP) is 4.74. The van der Waals surface area contributed by atoms with Crippen LogP contribution in [0.4, 0.5) is 0 Å². The highest BCUT2D eigenvalue weighted by atomic mass is 127. The SMILES string of the molecule is C[C@@H](C/C=C\I)O[Si](C)(C)C(C)(C)C. The molecular weight excluding hydrogens is 303 g/mol. The smallest absolute Gasteiger partial charge is 0.192 e. The van der Waals surface area contributed by atoms with Gasteiger partial charge in [-0.15, -0.1) is 0 Å². The van der Waals surface area contributed by atoms with Crippen molar-refractivity contribution < 1.29 is 4.43 Å². The first-order valence-electron chi connectivity index (χ1n) is 5.14. The number of rotatable bonds is 4. The van der Waals surface area contributed by atoms with E-state index < -0.39 is 8.32 Å². The van der Waals surface area contributed by atoms with E-state index in [2.05, 4.69) is 73.5 Å². The van der Waals surface area contributed by atoms with Crippen molar-refractivity contribution in [2.24, 2.45) is 0 Å². The molecule has 14 heavy (non-hydrogen) atoms. The Hall–Kier alpha value is 0.647. The van der Waals surface area contributed by atoms with Gasteiger partial charge in [-0.2, -0.15) is 0 Å². The van der Waals surface area contributed by atoms with Crippen molar-refractivity contribution in [3.05, 3.63) is 10.2 Å². The van der Waals surface area contributed by atoms with Crippen molar-refractivity contribution in [3.8, 4) is 0 Å². The highest BCUT2D eigenvalue weighted by Crippen LogP contribution is 2.37. The molecule has 0 amide bonds. The van der Waals surface area contributed by atoms with E-state index in [4.69, 9.17) is 4.43 Å². The average Bonchev–Trinajstić information content (AvgIpc) is 1.97. The van der Waals surface area contributed by atoms with E-state index >= 15 is 0 Å². The van der Waals surface area contributed by atoms with Crippen LogP contribution in [0.25, 0.3) is 0 Å². The molecule has 0 aromatic rings. The summed E-state index contributed by atoms with van der Waals surface area (Å²) in [6, 6.07) is 0. The zero-order valence-electron chi connectivity index (χ0n) is 10.2. The minimum absolute atomic E-state index is 0.315. The molecule has 1 nitrogen and oxygen atoms in total. The molecule has 3 heteroatoms. The highest BCUT2D eigenvalue weighted by molar-refractivity contribution is 14.1. The zero-order valence-corrected chi connectivity index (χ0v) is 13.4. The summed E-state index contributed by atoms with van der Waals surface area (Å²) in [7, 11) is -1.55. The Bertz CT molecular complexity index is 194. The topological polar surface area (TPSA) is 9.23 Å². The zero-order chi connectivity index (χ0) is 11.4. The molecular formula is C11H23IOSi. The van der Waals surface area contributed by atoms with Crippen LogP contribution in [0.15, 0.2) is 10.2 Å². The summed E-state index contributed by atoms with van der Waals surface area (Å²) in [5.74, 6) is 0. The van der Waals surface area contributed by atoms with Crippen molar-refractivity contribution in [2.45, 2.75) is 58.4 Å². The van der Waals surface area contributed by atoms with Gasteiger partial charge in [0.2, 0.25) is 0 Å². The molecule has 0 saturated heterocycles. The van der Waals surface area contributed by atoms with Gasteiger partial charge in [0, 0.05) is 6.10 Å². The van der Waals surface area contributed by atoms with E-state index in [0.29, 0.717) is 11.1 Å². The van der Waals surface area contributed by atoms with E-state index in [1.54, 1.807) is 0 Å². The molecule has 0 N–H and O–H groups in total. The van der Waals surface area contributed by atoms with Gasteiger partial charge in [-0.05, 0) is 35.6 Å². The lowest BCUT2D eigenvalue weighted by atomic mass is 10.2. The molecule has 0 radical (unpaired) electrons. The summed E-state index contributed by atoms with van der Waals surface area (Å²) in [5, 5.41) is 0.315. The van der Waals surface area contributed by atoms with Crippen LogP contribution in [0.3, 0.4) is 0 Å². The van der Waals surface area contributed by atoms with E-state index in [1.807, 2.05) is 0 Å². The van der Waals surface area contributed by atoms with Crippen molar-refractivity contribution in [1.29, 1.82) is 0 Å². The molecule has 0 aliphatic carbocycles. The summed E-state index contributed by atoms with van der Waals surface area (Å²) in [6.07, 6.45) is 3.54. The summed E-state index contributed by atoms with van der Waals surface area (Å²) < 4.78 is 8.25. The standard InChI is InChI=1S/C11H23IOSi/c1-10(8-7-9-12)13-14(5,6)11(2,3)4/h7,9-10H,8H2,1-6H3/b9-7-/t10-/m0/s1. The molecule has 0 bridgehead atoms. The first kappa shape index (κ1) is 14.6. The maximum absolute atomic E-state index is 6.19. The monoisotopic (exact) mass is 326 g/mol. The van der Waals surface area contributed by atoms with Crippen molar-refractivity contribution in [1.82, 2.24) is 0 Å². The Kier molecular flexibility index (Phi) is 5.92. The fourth-order valence-electron chi connectivity index (χ4n) is 0.971. The fourth-order valence-corrected chi connectivity index (χ4v) is 2.72. The van der Waals surface area contributed by atoms with Crippen molar-refractivity contribution in [3.63, 3.8) is 0 Å². The van der Waals surface area contributed by atoms with Gasteiger partial charge in [-0.3, -0.25) is 0 Å². The Morgan fingerprint density at radius 1 is 1.36 bits per heavy atom. The van der Waals surface area contributed by atoms with Gasteiger partial charge in [0.05, 0.1) is 0 Å². The van der Waals surface area contributed by atoms with Crippen LogP contribution in [0.2, 0.25) is 18.1 Å². The summed E-state index contributed by atoms with van der Waals surface area (Å²) >= 11 is 2.25. The average molecular weight is 326 g/mol. The maximum Gasteiger partial charge on any atom is 0.192 e. The molecule has 0 heterocycles. The second-order valence-electron chi connectivity index (χ2n) is 5.29. The van der Waals surface area contributed by atoms with Crippen LogP contribution < -0.4 is 0 Å². The van der Waals surface area contributed by atoms with Gasteiger partial charge in [-0.1, -0.05) is 49.4 Å². The molecule has 0 aliphatic rings. The molecule has 0 unspecified atom stereocenters. The molecule has 0 spiro atoms. The third-order valence-electron chi connectivity index (χ3n) is 2.86. The summed E-state index contributed by atoms with van der Waals surface area (Å²) in [4.78, 5) is 0. The largest absolute Gasteiger partial charge is 0.414 e. The van der Waals surface area contributed by atoms with Crippen molar-refractivity contribution >= 4 is 30.9 Å². The van der Waals surface area contributed by atoms with Gasteiger partial charge < -0.3 is 4.43 Å². The van der Waals surface area contributed by atoms with Gasteiger partial charge in [-0.25, -0.2) is 0 Å². The summed E-state index contributed by atoms with van der Waals surface area (Å²) in [6.45, 7) is 13.6. The second kappa shape index (κ2) is 5.65. The Morgan fingerprint density at radius 2 is 1.86 bits per heavy atom. The third-order valence-corrected chi connectivity index (χ3v) is 7.97. The van der Waals surface area contributed by atoms with Crippen LogP contribution in [-0.2, 0) is 4.43 Å². The fraction of sp³-hybridized carbons (Fsp3) is 0.818. The van der Waals surface area contributed by atoms with Crippen LogP contribution in [0.5, 0.6) is 0 Å². The van der Waals surface area contributed by atoms with Gasteiger partial charge >= 0.3 is 0 Å². The van der Waals surface area contributed by atoms with E-state index in [9.17, 15) is 0 Å². The number of halogens is 1. The van der Waals surface area contributed by atoms with Gasteiger partial charge in [0.15, 0.2) is 8.32 Å². The Morgan fingerprint density at radius 3 is 2.21 bits per heavy atom. The molecule has 0 rings (SSSR count).